The maximum absolute atomic E-state index is 12.9. The summed E-state index contributed by atoms with van der Waals surface area (Å²) in [4.78, 5) is 14.8. The molecule has 1 N–H and O–H groups in total. The first-order chi connectivity index (χ1) is 13.8. The largest absolute Gasteiger partial charge is 0.494 e. The lowest BCUT2D eigenvalue weighted by atomic mass is 10.0. The molecule has 2 aliphatic rings. The minimum Gasteiger partial charge on any atom is -0.494 e. The van der Waals surface area contributed by atoms with Crippen molar-refractivity contribution < 1.29 is 19.0 Å². The van der Waals surface area contributed by atoms with E-state index in [1.807, 2.05) is 54.3 Å². The lowest BCUT2D eigenvalue weighted by molar-refractivity contribution is 0.170. The Kier molecular flexibility index (Phi) is 5.55. The SMILES string of the molecule is CCOc1ccccc1CNC(=O)N1CCCC1c1ccc2c(c1)OCCO2. The summed E-state index contributed by atoms with van der Waals surface area (Å²) in [5, 5.41) is 3.05. The molecule has 4 rings (SSSR count). The van der Waals surface area contributed by atoms with Crippen molar-refractivity contribution in [3.05, 3.63) is 53.6 Å². The third-order valence-corrected chi connectivity index (χ3v) is 5.17. The van der Waals surface area contributed by atoms with Crippen LogP contribution < -0.4 is 19.5 Å². The number of amides is 2. The average molecular weight is 382 g/mol. The molecule has 6 heteroatoms. The molecule has 0 aromatic heterocycles. The number of para-hydroxylation sites is 1. The molecule has 0 aliphatic carbocycles. The number of rotatable bonds is 5. The van der Waals surface area contributed by atoms with Crippen LogP contribution in [0.4, 0.5) is 4.79 Å². The van der Waals surface area contributed by atoms with E-state index in [2.05, 4.69) is 5.32 Å². The molecule has 0 radical (unpaired) electrons. The summed E-state index contributed by atoms with van der Waals surface area (Å²) >= 11 is 0. The van der Waals surface area contributed by atoms with Gasteiger partial charge in [0.2, 0.25) is 0 Å². The zero-order valence-corrected chi connectivity index (χ0v) is 16.1. The van der Waals surface area contributed by atoms with Crippen molar-refractivity contribution in [1.82, 2.24) is 10.2 Å². The molecular weight excluding hydrogens is 356 g/mol. The van der Waals surface area contributed by atoms with Crippen LogP contribution in [0.2, 0.25) is 0 Å². The van der Waals surface area contributed by atoms with E-state index in [9.17, 15) is 4.79 Å². The van der Waals surface area contributed by atoms with Crippen molar-refractivity contribution in [2.45, 2.75) is 32.4 Å². The van der Waals surface area contributed by atoms with Gasteiger partial charge in [-0.05, 0) is 43.5 Å². The second kappa shape index (κ2) is 8.42. The number of benzene rings is 2. The highest BCUT2D eigenvalue weighted by atomic mass is 16.6. The van der Waals surface area contributed by atoms with Gasteiger partial charge in [-0.15, -0.1) is 0 Å². The van der Waals surface area contributed by atoms with E-state index in [0.717, 1.165) is 47.8 Å². The summed E-state index contributed by atoms with van der Waals surface area (Å²) in [5.41, 5.74) is 2.07. The predicted octanol–water partition coefficient (Wildman–Crippen LogP) is 3.90. The Hall–Kier alpha value is -2.89. The summed E-state index contributed by atoms with van der Waals surface area (Å²) in [7, 11) is 0. The summed E-state index contributed by atoms with van der Waals surface area (Å²) in [5.74, 6) is 2.35. The Morgan fingerprint density at radius 3 is 2.86 bits per heavy atom. The van der Waals surface area contributed by atoms with Gasteiger partial charge < -0.3 is 24.4 Å². The molecule has 1 fully saturated rings. The number of fused-ring (bicyclic) bond motifs is 1. The molecule has 0 spiro atoms. The van der Waals surface area contributed by atoms with Crippen molar-refractivity contribution in [1.29, 1.82) is 0 Å². The van der Waals surface area contributed by atoms with Crippen molar-refractivity contribution in [3.63, 3.8) is 0 Å². The molecule has 148 valence electrons. The second-order valence-corrected chi connectivity index (χ2v) is 6.95. The summed E-state index contributed by atoms with van der Waals surface area (Å²) in [6, 6.07) is 13.8. The van der Waals surface area contributed by atoms with Gasteiger partial charge in [0.25, 0.3) is 0 Å². The van der Waals surface area contributed by atoms with Crippen LogP contribution in [-0.2, 0) is 6.54 Å². The van der Waals surface area contributed by atoms with Crippen LogP contribution in [0, 0.1) is 0 Å². The van der Waals surface area contributed by atoms with E-state index < -0.39 is 0 Å². The molecule has 2 aliphatic heterocycles. The Morgan fingerprint density at radius 2 is 2.00 bits per heavy atom. The van der Waals surface area contributed by atoms with Crippen LogP contribution in [0.3, 0.4) is 0 Å². The van der Waals surface area contributed by atoms with Gasteiger partial charge in [0.1, 0.15) is 19.0 Å². The zero-order valence-electron chi connectivity index (χ0n) is 16.1. The summed E-state index contributed by atoms with van der Waals surface area (Å²) in [6.07, 6.45) is 1.94. The zero-order chi connectivity index (χ0) is 19.3. The number of likely N-dealkylation sites (tertiary alicyclic amines) is 1. The van der Waals surface area contributed by atoms with Gasteiger partial charge in [-0.1, -0.05) is 24.3 Å². The molecule has 1 atom stereocenters. The molecule has 6 nitrogen and oxygen atoms in total. The van der Waals surface area contributed by atoms with Gasteiger partial charge >= 0.3 is 6.03 Å². The van der Waals surface area contributed by atoms with Gasteiger partial charge in [0.05, 0.1) is 12.6 Å². The van der Waals surface area contributed by atoms with Crippen LogP contribution in [0.15, 0.2) is 42.5 Å². The molecule has 2 amide bonds. The van der Waals surface area contributed by atoms with Crippen LogP contribution in [0.5, 0.6) is 17.2 Å². The number of ether oxygens (including phenoxy) is 3. The number of carbonyl (C=O) groups excluding carboxylic acids is 1. The van der Waals surface area contributed by atoms with E-state index in [1.165, 1.54) is 0 Å². The first kappa shape index (κ1) is 18.5. The number of urea groups is 1. The Balaban J connectivity index is 1.44. The highest BCUT2D eigenvalue weighted by molar-refractivity contribution is 5.75. The van der Waals surface area contributed by atoms with Crippen LogP contribution in [0.25, 0.3) is 0 Å². The number of nitrogens with one attached hydrogen (secondary N) is 1. The molecule has 0 bridgehead atoms. The van der Waals surface area contributed by atoms with Crippen molar-refractivity contribution in [2.24, 2.45) is 0 Å². The van der Waals surface area contributed by atoms with E-state index in [4.69, 9.17) is 14.2 Å². The standard InChI is InChI=1S/C22H26N2O4/c1-2-26-19-8-4-3-6-17(19)15-23-22(25)24-11-5-7-18(24)16-9-10-20-21(14-16)28-13-12-27-20/h3-4,6,8-10,14,18H,2,5,7,11-13,15H2,1H3,(H,23,25). The molecular formula is C22H26N2O4. The van der Waals surface area contributed by atoms with Crippen LogP contribution in [-0.4, -0.2) is 37.3 Å². The fourth-order valence-corrected chi connectivity index (χ4v) is 3.84. The van der Waals surface area contributed by atoms with Gasteiger partial charge in [0.15, 0.2) is 11.5 Å². The fourth-order valence-electron chi connectivity index (χ4n) is 3.84. The third-order valence-electron chi connectivity index (χ3n) is 5.17. The summed E-state index contributed by atoms with van der Waals surface area (Å²) < 4.78 is 17.0. The topological polar surface area (TPSA) is 60.0 Å². The van der Waals surface area contributed by atoms with Crippen molar-refractivity contribution in [3.8, 4) is 17.2 Å². The first-order valence-electron chi connectivity index (χ1n) is 9.91. The van der Waals surface area contributed by atoms with Crippen molar-refractivity contribution >= 4 is 6.03 Å². The summed E-state index contributed by atoms with van der Waals surface area (Å²) in [6.45, 7) is 4.89. The lowest BCUT2D eigenvalue weighted by Crippen LogP contribution is -2.39. The van der Waals surface area contributed by atoms with E-state index in [1.54, 1.807) is 0 Å². The highest BCUT2D eigenvalue weighted by Crippen LogP contribution is 2.38. The molecule has 1 unspecified atom stereocenters. The van der Waals surface area contributed by atoms with E-state index in [0.29, 0.717) is 26.4 Å². The quantitative estimate of drug-likeness (QED) is 0.852. The van der Waals surface area contributed by atoms with E-state index in [-0.39, 0.29) is 12.1 Å². The number of hydrogen-bond donors (Lipinski definition) is 1. The number of hydrogen-bond acceptors (Lipinski definition) is 4. The van der Waals surface area contributed by atoms with Crippen LogP contribution >= 0.6 is 0 Å². The maximum Gasteiger partial charge on any atom is 0.318 e. The molecule has 2 heterocycles. The van der Waals surface area contributed by atoms with E-state index >= 15 is 0 Å². The monoisotopic (exact) mass is 382 g/mol. The second-order valence-electron chi connectivity index (χ2n) is 6.95. The number of nitrogens with zero attached hydrogens (tertiary/aromatic N) is 1. The Morgan fingerprint density at radius 1 is 1.18 bits per heavy atom. The van der Waals surface area contributed by atoms with Crippen LogP contribution in [0.1, 0.15) is 36.9 Å². The van der Waals surface area contributed by atoms with Gasteiger partial charge in [-0.2, -0.15) is 0 Å². The lowest BCUT2D eigenvalue weighted by Gasteiger charge is -2.27. The minimum atomic E-state index is -0.0521. The molecule has 1 saturated heterocycles. The molecule has 28 heavy (non-hydrogen) atoms. The predicted molar refractivity (Wildman–Crippen MR) is 106 cm³/mol. The molecule has 0 saturated carbocycles. The van der Waals surface area contributed by atoms with Gasteiger partial charge in [-0.25, -0.2) is 4.79 Å². The first-order valence-corrected chi connectivity index (χ1v) is 9.91. The minimum absolute atomic E-state index is 0.0521. The maximum atomic E-state index is 12.9. The fraction of sp³-hybridized carbons (Fsp3) is 0.409. The van der Waals surface area contributed by atoms with Gasteiger partial charge in [0, 0.05) is 18.7 Å². The highest BCUT2D eigenvalue weighted by Gasteiger charge is 2.31. The van der Waals surface area contributed by atoms with Gasteiger partial charge in [-0.3, -0.25) is 0 Å². The molecule has 2 aromatic carbocycles. The Bertz CT molecular complexity index is 839. The Labute approximate surface area is 165 Å². The third kappa shape index (κ3) is 3.86. The smallest absolute Gasteiger partial charge is 0.318 e. The molecule has 2 aromatic rings. The number of carbonyl (C=O) groups is 1. The van der Waals surface area contributed by atoms with Crippen molar-refractivity contribution in [2.75, 3.05) is 26.4 Å². The normalized spacial score (nSPS) is 18.0. The average Bonchev–Trinajstić information content (AvgIpc) is 3.23.